The fourth-order valence-electron chi connectivity index (χ4n) is 4.37. The lowest BCUT2D eigenvalue weighted by molar-refractivity contribution is -0.121. The molecule has 37 heavy (non-hydrogen) atoms. The van der Waals surface area contributed by atoms with Gasteiger partial charge in [-0.25, -0.2) is 4.79 Å². The third-order valence-corrected chi connectivity index (χ3v) is 7.41. The predicted molar refractivity (Wildman–Crippen MR) is 144 cm³/mol. The number of hydrogen-bond acceptors (Lipinski definition) is 6. The number of nitrogens with zero attached hydrogens (tertiary/aromatic N) is 2. The molecule has 1 aliphatic rings. The molecule has 0 unspecified atom stereocenters. The van der Waals surface area contributed by atoms with Gasteiger partial charge in [0.15, 0.2) is 11.5 Å². The van der Waals surface area contributed by atoms with Gasteiger partial charge >= 0.3 is 5.69 Å². The van der Waals surface area contributed by atoms with Crippen LogP contribution in [0.15, 0.2) is 63.5 Å². The predicted octanol–water partition coefficient (Wildman–Crippen LogP) is 4.53. The molecule has 0 spiro atoms. The summed E-state index contributed by atoms with van der Waals surface area (Å²) < 4.78 is 14.2. The van der Waals surface area contributed by atoms with Crippen molar-refractivity contribution in [1.29, 1.82) is 0 Å². The van der Waals surface area contributed by atoms with Crippen LogP contribution in [0, 0.1) is 0 Å². The van der Waals surface area contributed by atoms with Crippen molar-refractivity contribution in [2.45, 2.75) is 45.3 Å². The van der Waals surface area contributed by atoms with Gasteiger partial charge in [0.25, 0.3) is 5.56 Å². The van der Waals surface area contributed by atoms with Gasteiger partial charge in [-0.1, -0.05) is 36.2 Å². The van der Waals surface area contributed by atoms with Crippen molar-refractivity contribution in [3.05, 3.63) is 90.9 Å². The minimum absolute atomic E-state index is 0.0429. The second kappa shape index (κ2) is 11.2. The van der Waals surface area contributed by atoms with Crippen molar-refractivity contribution in [2.24, 2.45) is 0 Å². The number of amides is 1. The highest BCUT2D eigenvalue weighted by atomic mass is 35.5. The molecular formula is C27H26ClN3O5S. The number of benzene rings is 2. The van der Waals surface area contributed by atoms with Gasteiger partial charge in [-0.15, -0.1) is 11.3 Å². The zero-order chi connectivity index (χ0) is 25.8. The van der Waals surface area contributed by atoms with Crippen LogP contribution in [0.3, 0.4) is 0 Å². The van der Waals surface area contributed by atoms with E-state index >= 15 is 0 Å². The van der Waals surface area contributed by atoms with Crippen LogP contribution >= 0.6 is 22.9 Å². The number of aromatic nitrogens is 2. The van der Waals surface area contributed by atoms with Gasteiger partial charge in [0.05, 0.1) is 12.1 Å². The summed E-state index contributed by atoms with van der Waals surface area (Å²) >= 11 is 7.45. The molecule has 0 bridgehead atoms. The molecular weight excluding hydrogens is 514 g/mol. The van der Waals surface area contributed by atoms with Gasteiger partial charge in [-0.2, -0.15) is 0 Å². The Kier molecular flexibility index (Phi) is 7.62. The second-order valence-electron chi connectivity index (χ2n) is 8.87. The Bertz CT molecular complexity index is 1560. The van der Waals surface area contributed by atoms with E-state index in [0.717, 1.165) is 17.5 Å². The summed E-state index contributed by atoms with van der Waals surface area (Å²) in [5.41, 5.74) is 1.86. The lowest BCUT2D eigenvalue weighted by Gasteiger charge is -2.12. The zero-order valence-electron chi connectivity index (χ0n) is 20.1. The maximum atomic E-state index is 13.3. The quantitative estimate of drug-likeness (QED) is 0.299. The second-order valence-corrected chi connectivity index (χ2v) is 10.2. The summed E-state index contributed by atoms with van der Waals surface area (Å²) in [5, 5.41) is 5.34. The molecule has 0 saturated heterocycles. The number of nitrogens with one attached hydrogen (secondary N) is 1. The fourth-order valence-corrected chi connectivity index (χ4v) is 5.43. The highest BCUT2D eigenvalue weighted by Crippen LogP contribution is 2.32. The lowest BCUT2D eigenvalue weighted by atomic mass is 10.1. The van der Waals surface area contributed by atoms with E-state index in [0.29, 0.717) is 65.6 Å². The number of carbonyl (C=O) groups excluding carboxylic acids is 1. The number of ether oxygens (including phenoxy) is 2. The van der Waals surface area contributed by atoms with Crippen molar-refractivity contribution < 1.29 is 14.3 Å². The average Bonchev–Trinajstić information content (AvgIpc) is 3.56. The van der Waals surface area contributed by atoms with Crippen molar-refractivity contribution in [3.63, 3.8) is 0 Å². The third-order valence-electron chi connectivity index (χ3n) is 6.28. The van der Waals surface area contributed by atoms with Gasteiger partial charge in [0, 0.05) is 24.5 Å². The lowest BCUT2D eigenvalue weighted by Crippen LogP contribution is -2.39. The van der Waals surface area contributed by atoms with Gasteiger partial charge < -0.3 is 14.8 Å². The first-order chi connectivity index (χ1) is 18.0. The Balaban J connectivity index is 1.16. The molecule has 0 radical (unpaired) electrons. The molecule has 10 heteroatoms. The number of rotatable bonds is 10. The summed E-state index contributed by atoms with van der Waals surface area (Å²) in [6.07, 6.45) is 2.39. The summed E-state index contributed by atoms with van der Waals surface area (Å²) in [7, 11) is 0. The summed E-state index contributed by atoms with van der Waals surface area (Å²) in [5.74, 6) is 1.36. The Morgan fingerprint density at radius 3 is 2.70 bits per heavy atom. The molecule has 1 aliphatic heterocycles. The molecule has 192 valence electrons. The van der Waals surface area contributed by atoms with Crippen molar-refractivity contribution in [2.75, 3.05) is 6.79 Å². The van der Waals surface area contributed by atoms with Gasteiger partial charge in [0.1, 0.15) is 4.70 Å². The number of halogens is 1. The minimum Gasteiger partial charge on any atom is -0.454 e. The Labute approximate surface area is 222 Å². The van der Waals surface area contributed by atoms with Crippen molar-refractivity contribution in [3.8, 4) is 11.5 Å². The Hall–Kier alpha value is -3.56. The first-order valence-corrected chi connectivity index (χ1v) is 13.4. The number of carbonyl (C=O) groups is 1. The molecule has 0 aliphatic carbocycles. The molecule has 2 aromatic heterocycles. The van der Waals surface area contributed by atoms with Crippen LogP contribution < -0.4 is 26.0 Å². The summed E-state index contributed by atoms with van der Waals surface area (Å²) in [6, 6.07) is 14.8. The molecule has 2 aromatic carbocycles. The van der Waals surface area contributed by atoms with E-state index < -0.39 is 0 Å². The van der Waals surface area contributed by atoms with Crippen LogP contribution in [0.5, 0.6) is 11.5 Å². The fraction of sp³-hybridized carbons (Fsp3) is 0.296. The van der Waals surface area contributed by atoms with Crippen LogP contribution in [0.4, 0.5) is 0 Å². The van der Waals surface area contributed by atoms with E-state index in [-0.39, 0.29) is 23.9 Å². The number of fused-ring (bicyclic) bond motifs is 2. The molecule has 1 amide bonds. The first-order valence-electron chi connectivity index (χ1n) is 12.1. The molecule has 0 atom stereocenters. The normalized spacial score (nSPS) is 12.2. The smallest absolute Gasteiger partial charge is 0.331 e. The SMILES string of the molecule is O=C(CCCCCn1c(=O)c2sccc2n(Cc2cccc(Cl)c2)c1=O)NCc1ccc2c(c1)OCO2. The monoisotopic (exact) mass is 539 g/mol. The number of unbranched alkanes of at least 4 members (excludes halogenated alkanes) is 2. The number of thiophene rings is 1. The maximum absolute atomic E-state index is 13.3. The van der Waals surface area contributed by atoms with Crippen LogP contribution in [-0.4, -0.2) is 21.8 Å². The van der Waals surface area contributed by atoms with Crippen molar-refractivity contribution >= 4 is 39.1 Å². The van der Waals surface area contributed by atoms with E-state index in [4.69, 9.17) is 21.1 Å². The van der Waals surface area contributed by atoms with E-state index in [1.54, 1.807) is 16.7 Å². The molecule has 5 rings (SSSR count). The highest BCUT2D eigenvalue weighted by molar-refractivity contribution is 7.17. The number of hydrogen-bond donors (Lipinski definition) is 1. The van der Waals surface area contributed by atoms with E-state index in [9.17, 15) is 14.4 Å². The van der Waals surface area contributed by atoms with Crippen LogP contribution in [0.1, 0.15) is 36.8 Å². The van der Waals surface area contributed by atoms with Crippen LogP contribution in [-0.2, 0) is 24.4 Å². The van der Waals surface area contributed by atoms with Crippen LogP contribution in [0.25, 0.3) is 10.2 Å². The molecule has 3 heterocycles. The topological polar surface area (TPSA) is 91.6 Å². The summed E-state index contributed by atoms with van der Waals surface area (Å²) in [4.78, 5) is 38.5. The molecule has 4 aromatic rings. The standard InChI is InChI=1S/C27H26ClN3O5S/c28-20-6-4-5-19(13-20)16-31-21-10-12-37-25(21)26(33)30(27(31)34)11-3-1-2-7-24(32)29-15-18-8-9-22-23(14-18)36-17-35-22/h4-6,8-10,12-14H,1-3,7,11,15-17H2,(H,29,32). The van der Waals surface area contributed by atoms with E-state index in [1.807, 2.05) is 41.8 Å². The maximum Gasteiger partial charge on any atom is 0.331 e. The highest BCUT2D eigenvalue weighted by Gasteiger charge is 2.15. The van der Waals surface area contributed by atoms with Crippen molar-refractivity contribution in [1.82, 2.24) is 14.5 Å². The zero-order valence-corrected chi connectivity index (χ0v) is 21.6. The van der Waals surface area contributed by atoms with Gasteiger partial charge in [0.2, 0.25) is 12.7 Å². The molecule has 0 saturated carbocycles. The average molecular weight is 540 g/mol. The third kappa shape index (κ3) is 5.73. The van der Waals surface area contributed by atoms with Crippen LogP contribution in [0.2, 0.25) is 5.02 Å². The van der Waals surface area contributed by atoms with Gasteiger partial charge in [-0.3, -0.25) is 18.7 Å². The largest absolute Gasteiger partial charge is 0.454 e. The molecule has 0 fully saturated rings. The van der Waals surface area contributed by atoms with E-state index in [1.165, 1.54) is 15.9 Å². The molecule has 8 nitrogen and oxygen atoms in total. The Morgan fingerprint density at radius 1 is 0.973 bits per heavy atom. The van der Waals surface area contributed by atoms with Gasteiger partial charge in [-0.05, 0) is 59.7 Å². The Morgan fingerprint density at radius 2 is 1.84 bits per heavy atom. The summed E-state index contributed by atoms with van der Waals surface area (Å²) in [6.45, 7) is 1.27. The first kappa shape index (κ1) is 25.1. The molecule has 1 N–H and O–H groups in total. The minimum atomic E-state index is -0.336. The van der Waals surface area contributed by atoms with E-state index in [2.05, 4.69) is 5.32 Å².